The van der Waals surface area contributed by atoms with Crippen LogP contribution < -0.4 is 5.73 Å². The Labute approximate surface area is 87.2 Å². The first kappa shape index (κ1) is 11.7. The third-order valence-electron chi connectivity index (χ3n) is 3.11. The second-order valence-electron chi connectivity index (χ2n) is 5.13. The van der Waals surface area contributed by atoms with E-state index in [1.165, 1.54) is 32.1 Å². The maximum absolute atomic E-state index is 12.0. The van der Waals surface area contributed by atoms with Gasteiger partial charge in [-0.05, 0) is 26.7 Å². The van der Waals surface area contributed by atoms with Gasteiger partial charge >= 0.3 is 0 Å². The van der Waals surface area contributed by atoms with Crippen LogP contribution in [0.5, 0.6) is 0 Å². The molecule has 82 valence electrons. The predicted octanol–water partition coefficient (Wildman–Crippen LogP) is 2.65. The second-order valence-corrected chi connectivity index (χ2v) is 5.13. The van der Waals surface area contributed by atoms with Crippen molar-refractivity contribution in [1.82, 2.24) is 0 Å². The van der Waals surface area contributed by atoms with E-state index in [0.717, 1.165) is 12.8 Å². The summed E-state index contributed by atoms with van der Waals surface area (Å²) in [5, 5.41) is 0. The molecule has 1 fully saturated rings. The average Bonchev–Trinajstić information content (AvgIpc) is 2.00. The number of Topliss-reactive ketones (excluding diaryl/α,β-unsaturated/α-hetero) is 1. The molecule has 0 amide bonds. The predicted molar refractivity (Wildman–Crippen MR) is 59.1 cm³/mol. The molecule has 0 aliphatic heterocycles. The zero-order valence-corrected chi connectivity index (χ0v) is 9.51. The second kappa shape index (κ2) is 4.92. The molecule has 0 aromatic rings. The number of rotatable bonds is 2. The van der Waals surface area contributed by atoms with Gasteiger partial charge in [0.25, 0.3) is 0 Å². The Kier molecular flexibility index (Phi) is 4.11. The molecule has 0 radical (unpaired) electrons. The van der Waals surface area contributed by atoms with Crippen molar-refractivity contribution < 1.29 is 4.79 Å². The molecule has 0 aromatic carbocycles. The van der Waals surface area contributed by atoms with Crippen LogP contribution in [0.3, 0.4) is 0 Å². The summed E-state index contributed by atoms with van der Waals surface area (Å²) in [5.74, 6) is 0.495. The van der Waals surface area contributed by atoms with Gasteiger partial charge in [0, 0.05) is 5.92 Å². The van der Waals surface area contributed by atoms with Crippen LogP contribution in [0.2, 0.25) is 0 Å². The molecule has 0 unspecified atom stereocenters. The summed E-state index contributed by atoms with van der Waals surface area (Å²) < 4.78 is 0. The van der Waals surface area contributed by atoms with Gasteiger partial charge in [0.15, 0.2) is 5.78 Å². The number of carbonyl (C=O) groups excluding carboxylic acids is 1. The Hall–Kier alpha value is -0.370. The van der Waals surface area contributed by atoms with Gasteiger partial charge in [-0.2, -0.15) is 0 Å². The lowest BCUT2D eigenvalue weighted by molar-refractivity contribution is -0.127. The van der Waals surface area contributed by atoms with Crippen molar-refractivity contribution in [2.75, 3.05) is 0 Å². The van der Waals surface area contributed by atoms with Crippen LogP contribution in [0.1, 0.15) is 58.8 Å². The fraction of sp³-hybridized carbons (Fsp3) is 0.917. The van der Waals surface area contributed by atoms with Crippen molar-refractivity contribution in [2.45, 2.75) is 64.3 Å². The van der Waals surface area contributed by atoms with E-state index in [1.54, 1.807) is 0 Å². The van der Waals surface area contributed by atoms with Gasteiger partial charge in [-0.3, -0.25) is 4.79 Å². The molecule has 2 nitrogen and oxygen atoms in total. The molecule has 0 heterocycles. The topological polar surface area (TPSA) is 43.1 Å². The molecule has 1 saturated carbocycles. The summed E-state index contributed by atoms with van der Waals surface area (Å²) in [6, 6.07) is 0. The summed E-state index contributed by atoms with van der Waals surface area (Å²) in [4.78, 5) is 12.0. The largest absolute Gasteiger partial charge is 0.319 e. The van der Waals surface area contributed by atoms with E-state index < -0.39 is 5.54 Å². The molecule has 0 saturated heterocycles. The molecule has 0 atom stereocenters. The van der Waals surface area contributed by atoms with Gasteiger partial charge in [0.1, 0.15) is 0 Å². The average molecular weight is 197 g/mol. The SMILES string of the molecule is CC(C)(N)C(=O)C1CCCCCCC1. The minimum atomic E-state index is -0.635. The highest BCUT2D eigenvalue weighted by molar-refractivity contribution is 5.89. The first-order valence-corrected chi connectivity index (χ1v) is 5.85. The van der Waals surface area contributed by atoms with Gasteiger partial charge < -0.3 is 5.73 Å². The van der Waals surface area contributed by atoms with Crippen LogP contribution >= 0.6 is 0 Å². The van der Waals surface area contributed by atoms with Crippen LogP contribution in [-0.2, 0) is 4.79 Å². The number of hydrogen-bond acceptors (Lipinski definition) is 2. The van der Waals surface area contributed by atoms with E-state index in [9.17, 15) is 4.79 Å². The Balaban J connectivity index is 2.51. The maximum atomic E-state index is 12.0. The summed E-state index contributed by atoms with van der Waals surface area (Å²) in [6.07, 6.45) is 8.42. The zero-order valence-electron chi connectivity index (χ0n) is 9.51. The molecule has 0 aromatic heterocycles. The number of nitrogens with two attached hydrogens (primary N) is 1. The minimum absolute atomic E-state index is 0.232. The highest BCUT2D eigenvalue weighted by Crippen LogP contribution is 2.25. The molecular weight excluding hydrogens is 174 g/mol. The Morgan fingerprint density at radius 1 is 1.07 bits per heavy atom. The van der Waals surface area contributed by atoms with E-state index >= 15 is 0 Å². The molecule has 0 bridgehead atoms. The maximum Gasteiger partial charge on any atom is 0.155 e. The first-order chi connectivity index (χ1) is 6.52. The van der Waals surface area contributed by atoms with E-state index in [2.05, 4.69) is 0 Å². The Bertz CT molecular complexity index is 185. The Morgan fingerprint density at radius 2 is 1.50 bits per heavy atom. The lowest BCUT2D eigenvalue weighted by Crippen LogP contribution is -2.45. The normalized spacial score (nSPS) is 21.4. The van der Waals surface area contributed by atoms with E-state index in [0.29, 0.717) is 0 Å². The van der Waals surface area contributed by atoms with Crippen molar-refractivity contribution in [2.24, 2.45) is 11.7 Å². The van der Waals surface area contributed by atoms with Crippen LogP contribution in [0.4, 0.5) is 0 Å². The van der Waals surface area contributed by atoms with E-state index in [-0.39, 0.29) is 11.7 Å². The first-order valence-electron chi connectivity index (χ1n) is 5.85. The molecule has 1 aliphatic carbocycles. The van der Waals surface area contributed by atoms with Gasteiger partial charge in [0.2, 0.25) is 0 Å². The third kappa shape index (κ3) is 3.41. The summed E-state index contributed by atoms with van der Waals surface area (Å²) in [6.45, 7) is 3.65. The summed E-state index contributed by atoms with van der Waals surface area (Å²) in [7, 11) is 0. The lowest BCUT2D eigenvalue weighted by atomic mass is 9.81. The molecular formula is C12H23NO. The van der Waals surface area contributed by atoms with Gasteiger partial charge in [-0.1, -0.05) is 32.1 Å². The van der Waals surface area contributed by atoms with Crippen LogP contribution in [0.25, 0.3) is 0 Å². The monoisotopic (exact) mass is 197 g/mol. The quantitative estimate of drug-likeness (QED) is 0.739. The van der Waals surface area contributed by atoms with Gasteiger partial charge in [-0.25, -0.2) is 0 Å². The minimum Gasteiger partial charge on any atom is -0.319 e. The van der Waals surface area contributed by atoms with Crippen molar-refractivity contribution in [3.05, 3.63) is 0 Å². The van der Waals surface area contributed by atoms with Crippen molar-refractivity contribution in [3.8, 4) is 0 Å². The van der Waals surface area contributed by atoms with Crippen LogP contribution in [0.15, 0.2) is 0 Å². The highest BCUT2D eigenvalue weighted by atomic mass is 16.1. The molecule has 2 N–H and O–H groups in total. The van der Waals surface area contributed by atoms with E-state index in [4.69, 9.17) is 5.73 Å². The van der Waals surface area contributed by atoms with Crippen molar-refractivity contribution in [1.29, 1.82) is 0 Å². The standard InChI is InChI=1S/C12H23NO/c1-12(2,13)11(14)10-8-6-4-3-5-7-9-10/h10H,3-9,13H2,1-2H3. The zero-order chi connectivity index (χ0) is 10.6. The number of ketones is 1. The fourth-order valence-electron chi connectivity index (χ4n) is 2.24. The number of carbonyl (C=O) groups is 1. The summed E-state index contributed by atoms with van der Waals surface area (Å²) >= 11 is 0. The molecule has 0 spiro atoms. The van der Waals surface area contributed by atoms with Gasteiger partial charge in [0.05, 0.1) is 5.54 Å². The highest BCUT2D eigenvalue weighted by Gasteiger charge is 2.29. The molecule has 1 aliphatic rings. The molecule has 1 rings (SSSR count). The molecule has 14 heavy (non-hydrogen) atoms. The van der Waals surface area contributed by atoms with Crippen LogP contribution in [-0.4, -0.2) is 11.3 Å². The van der Waals surface area contributed by atoms with Crippen LogP contribution in [0, 0.1) is 5.92 Å². The van der Waals surface area contributed by atoms with Gasteiger partial charge in [-0.15, -0.1) is 0 Å². The van der Waals surface area contributed by atoms with Crippen molar-refractivity contribution in [3.63, 3.8) is 0 Å². The number of hydrogen-bond donors (Lipinski definition) is 1. The Morgan fingerprint density at radius 3 is 1.93 bits per heavy atom. The lowest BCUT2D eigenvalue weighted by Gasteiger charge is -2.25. The van der Waals surface area contributed by atoms with Crippen molar-refractivity contribution >= 4 is 5.78 Å². The summed E-state index contributed by atoms with van der Waals surface area (Å²) in [5.41, 5.74) is 5.22. The smallest absolute Gasteiger partial charge is 0.155 e. The molecule has 2 heteroatoms. The van der Waals surface area contributed by atoms with E-state index in [1.807, 2.05) is 13.8 Å². The third-order valence-corrected chi connectivity index (χ3v) is 3.11. The fourth-order valence-corrected chi connectivity index (χ4v) is 2.24.